The van der Waals surface area contributed by atoms with Crippen molar-refractivity contribution < 1.29 is 9.53 Å². The molecule has 0 saturated carbocycles. The Morgan fingerprint density at radius 1 is 0.649 bits per heavy atom. The van der Waals surface area contributed by atoms with Gasteiger partial charge in [-0.15, -0.1) is 0 Å². The van der Waals surface area contributed by atoms with E-state index in [0.29, 0.717) is 5.70 Å². The SMILES string of the molecule is CC(C)(C)C1=COC=C(C(C)(C)C)C1=c1c(C(C)(C)C)cc(=C/C=C2/C=NC(=O)C=N2)cc1C(C)(C)C. The first-order valence-corrected chi connectivity index (χ1v) is 13.1. The van der Waals surface area contributed by atoms with Crippen LogP contribution in [0.1, 0.15) is 94.2 Å². The van der Waals surface area contributed by atoms with Gasteiger partial charge in [-0.05, 0) is 54.9 Å². The molecule has 0 aliphatic carbocycles. The molecule has 3 rings (SSSR count). The standard InChI is InChI=1S/C33H44N2O2/c1-30(2,3)23-15-21(13-14-22-17-35-27(36)18-34-22)16-24(31(4,5)6)28(23)29-25(32(7,8)9)19-37-20-26(29)33(10,11)12/h13-20H,1-12H3/b22-14-. The van der Waals surface area contributed by atoms with E-state index in [-0.39, 0.29) is 27.6 Å². The monoisotopic (exact) mass is 500 g/mol. The van der Waals surface area contributed by atoms with Gasteiger partial charge in [0.1, 0.15) is 0 Å². The molecule has 1 amide bonds. The number of nitrogens with zero attached hydrogens (tertiary/aromatic N) is 2. The fourth-order valence-electron chi connectivity index (χ4n) is 4.61. The van der Waals surface area contributed by atoms with Crippen LogP contribution in [0, 0.1) is 10.8 Å². The van der Waals surface area contributed by atoms with E-state index in [1.54, 1.807) is 0 Å². The van der Waals surface area contributed by atoms with Crippen molar-refractivity contribution in [2.24, 2.45) is 20.8 Å². The van der Waals surface area contributed by atoms with Gasteiger partial charge in [-0.25, -0.2) is 9.98 Å². The van der Waals surface area contributed by atoms with Crippen molar-refractivity contribution in [1.82, 2.24) is 0 Å². The summed E-state index contributed by atoms with van der Waals surface area (Å²) in [6.07, 6.45) is 10.6. The molecular weight excluding hydrogens is 456 g/mol. The van der Waals surface area contributed by atoms with E-state index in [9.17, 15) is 4.79 Å². The third-order valence-corrected chi connectivity index (χ3v) is 6.65. The van der Waals surface area contributed by atoms with Gasteiger partial charge in [-0.1, -0.05) is 101 Å². The molecule has 0 N–H and O–H groups in total. The van der Waals surface area contributed by atoms with Crippen molar-refractivity contribution in [3.05, 3.63) is 69.1 Å². The molecule has 0 bridgehead atoms. The summed E-state index contributed by atoms with van der Waals surface area (Å²) in [7, 11) is 0. The molecule has 4 nitrogen and oxygen atoms in total. The summed E-state index contributed by atoms with van der Waals surface area (Å²) in [4.78, 5) is 19.4. The minimum atomic E-state index is -0.328. The highest BCUT2D eigenvalue weighted by atomic mass is 16.5. The van der Waals surface area contributed by atoms with Crippen LogP contribution in [0.3, 0.4) is 0 Å². The summed E-state index contributed by atoms with van der Waals surface area (Å²) in [5.74, 6) is -0.328. The van der Waals surface area contributed by atoms with Gasteiger partial charge < -0.3 is 4.74 Å². The molecule has 2 aliphatic rings. The molecule has 2 aliphatic heterocycles. The Morgan fingerprint density at radius 2 is 1.14 bits per heavy atom. The minimum absolute atomic E-state index is 0.102. The van der Waals surface area contributed by atoms with Crippen LogP contribution in [0.5, 0.6) is 0 Å². The Balaban J connectivity index is 2.56. The van der Waals surface area contributed by atoms with E-state index in [1.807, 2.05) is 18.6 Å². The summed E-state index contributed by atoms with van der Waals surface area (Å²) in [5, 5.41) is 2.40. The molecule has 1 aromatic rings. The third kappa shape index (κ3) is 6.47. The second-order valence-corrected chi connectivity index (χ2v) is 14.2. The molecule has 2 heterocycles. The first-order valence-electron chi connectivity index (χ1n) is 13.1. The maximum absolute atomic E-state index is 11.4. The lowest BCUT2D eigenvalue weighted by atomic mass is 9.69. The van der Waals surface area contributed by atoms with Crippen molar-refractivity contribution in [3.8, 4) is 0 Å². The normalized spacial score (nSPS) is 18.1. The Morgan fingerprint density at radius 3 is 1.51 bits per heavy atom. The van der Waals surface area contributed by atoms with E-state index >= 15 is 0 Å². The van der Waals surface area contributed by atoms with Crippen LogP contribution in [0.4, 0.5) is 0 Å². The maximum atomic E-state index is 11.4. The highest BCUT2D eigenvalue weighted by molar-refractivity contribution is 6.30. The molecular formula is C33H44N2O2. The zero-order valence-corrected chi connectivity index (χ0v) is 24.8. The molecule has 0 aromatic heterocycles. The van der Waals surface area contributed by atoms with Crippen LogP contribution in [0.25, 0.3) is 11.6 Å². The van der Waals surface area contributed by atoms with E-state index in [2.05, 4.69) is 111 Å². The number of hydrogen-bond donors (Lipinski definition) is 0. The van der Waals surface area contributed by atoms with Crippen molar-refractivity contribution >= 4 is 30.0 Å². The van der Waals surface area contributed by atoms with Crippen molar-refractivity contribution in [2.45, 2.75) is 93.9 Å². The highest BCUT2D eigenvalue weighted by Gasteiger charge is 2.35. The fraction of sp³-hybridized carbons (Fsp3) is 0.485. The smallest absolute Gasteiger partial charge is 0.288 e. The Hall–Kier alpha value is -3.01. The highest BCUT2D eigenvalue weighted by Crippen LogP contribution is 2.44. The number of ether oxygens (including phenoxy) is 1. The lowest BCUT2D eigenvalue weighted by molar-refractivity contribution is -0.111. The Kier molecular flexibility index (Phi) is 7.49. The first kappa shape index (κ1) is 28.6. The second kappa shape index (κ2) is 9.70. The van der Waals surface area contributed by atoms with Gasteiger partial charge in [-0.3, -0.25) is 4.79 Å². The van der Waals surface area contributed by atoms with E-state index in [0.717, 1.165) is 5.22 Å². The lowest BCUT2D eigenvalue weighted by Gasteiger charge is -2.37. The molecule has 0 fully saturated rings. The quantitative estimate of drug-likeness (QED) is 0.432. The second-order valence-electron chi connectivity index (χ2n) is 14.2. The fourth-order valence-corrected chi connectivity index (χ4v) is 4.61. The number of hydrogen-bond acceptors (Lipinski definition) is 3. The number of aliphatic imine (C=N–C) groups is 2. The average Bonchev–Trinajstić information content (AvgIpc) is 2.75. The van der Waals surface area contributed by atoms with Crippen LogP contribution in [0.15, 0.2) is 57.6 Å². The topological polar surface area (TPSA) is 51.0 Å². The summed E-state index contributed by atoms with van der Waals surface area (Å²) in [6, 6.07) is 4.61. The van der Waals surface area contributed by atoms with E-state index < -0.39 is 0 Å². The maximum Gasteiger partial charge on any atom is 0.288 e. The number of benzene rings is 1. The molecule has 37 heavy (non-hydrogen) atoms. The van der Waals surface area contributed by atoms with Gasteiger partial charge in [0.15, 0.2) is 0 Å². The summed E-state index contributed by atoms with van der Waals surface area (Å²) >= 11 is 0. The van der Waals surface area contributed by atoms with Gasteiger partial charge in [0.25, 0.3) is 5.91 Å². The predicted octanol–water partition coefficient (Wildman–Crippen LogP) is 6.67. The first-order chi connectivity index (χ1) is 16.8. The van der Waals surface area contributed by atoms with E-state index in [1.165, 1.54) is 45.5 Å². The van der Waals surface area contributed by atoms with Crippen LogP contribution < -0.4 is 10.4 Å². The molecule has 0 unspecified atom stereocenters. The number of carbonyl (C=O) groups excluding carboxylic acids is 1. The van der Waals surface area contributed by atoms with Gasteiger partial charge in [0.2, 0.25) is 0 Å². The number of carbonyl (C=O) groups is 1. The predicted molar refractivity (Wildman–Crippen MR) is 157 cm³/mol. The number of amides is 1. The number of allylic oxidation sites excluding steroid dienone is 4. The van der Waals surface area contributed by atoms with Crippen molar-refractivity contribution in [2.75, 3.05) is 0 Å². The van der Waals surface area contributed by atoms with Gasteiger partial charge in [0, 0.05) is 11.1 Å². The van der Waals surface area contributed by atoms with Gasteiger partial charge >= 0.3 is 0 Å². The lowest BCUT2D eigenvalue weighted by Crippen LogP contribution is -2.38. The van der Waals surface area contributed by atoms with Crippen molar-refractivity contribution in [3.63, 3.8) is 0 Å². The molecule has 0 atom stereocenters. The Bertz CT molecular complexity index is 1280. The van der Waals surface area contributed by atoms with Gasteiger partial charge in [-0.2, -0.15) is 0 Å². The third-order valence-electron chi connectivity index (χ3n) is 6.65. The van der Waals surface area contributed by atoms with E-state index in [4.69, 9.17) is 4.74 Å². The zero-order chi connectivity index (χ0) is 28.0. The summed E-state index contributed by atoms with van der Waals surface area (Å²) < 4.78 is 5.98. The average molecular weight is 501 g/mol. The summed E-state index contributed by atoms with van der Waals surface area (Å²) in [6.45, 7) is 27.2. The zero-order valence-electron chi connectivity index (χ0n) is 24.8. The molecule has 198 valence electrons. The van der Waals surface area contributed by atoms with Crippen LogP contribution in [-0.2, 0) is 20.4 Å². The molecule has 4 heteroatoms. The van der Waals surface area contributed by atoms with Gasteiger partial charge in [0.05, 0.1) is 30.7 Å². The largest absolute Gasteiger partial charge is 0.472 e. The molecule has 1 aromatic carbocycles. The summed E-state index contributed by atoms with van der Waals surface area (Å²) in [5.41, 5.74) is 6.54. The molecule has 0 saturated heterocycles. The minimum Gasteiger partial charge on any atom is -0.472 e. The van der Waals surface area contributed by atoms with Crippen LogP contribution in [-0.4, -0.2) is 18.3 Å². The van der Waals surface area contributed by atoms with Crippen LogP contribution in [0.2, 0.25) is 0 Å². The number of rotatable bonds is 1. The molecule has 0 radical (unpaired) electrons. The van der Waals surface area contributed by atoms with Crippen LogP contribution >= 0.6 is 0 Å². The van der Waals surface area contributed by atoms with Crippen molar-refractivity contribution in [1.29, 1.82) is 0 Å². The molecule has 0 spiro atoms. The Labute approximate surface area is 223 Å².